The first kappa shape index (κ1) is 16.2. The van der Waals surface area contributed by atoms with Crippen molar-refractivity contribution in [1.82, 2.24) is 4.90 Å². The van der Waals surface area contributed by atoms with E-state index in [1.807, 2.05) is 6.07 Å². The molecule has 2 aliphatic rings. The maximum absolute atomic E-state index is 11.1. The number of aliphatic carboxylic acids is 1. The lowest BCUT2D eigenvalue weighted by Crippen LogP contribution is -2.37. The third-order valence-corrected chi connectivity index (χ3v) is 4.87. The molecule has 7 heteroatoms. The van der Waals surface area contributed by atoms with E-state index in [0.717, 1.165) is 37.9 Å². The van der Waals surface area contributed by atoms with E-state index in [-0.39, 0.29) is 18.0 Å². The molecular formula is C16H21ClN2O4. The highest BCUT2D eigenvalue weighted by atomic mass is 35.5. The summed E-state index contributed by atoms with van der Waals surface area (Å²) in [6, 6.07) is 1.82. The number of hydrogen-bond donors (Lipinski definition) is 2. The van der Waals surface area contributed by atoms with Crippen LogP contribution in [0.15, 0.2) is 6.07 Å². The molecule has 3 N–H and O–H groups in total. The normalized spacial score (nSPS) is 22.1. The second-order valence-electron chi connectivity index (χ2n) is 6.30. The fraction of sp³-hybridized carbons (Fsp3) is 0.562. The lowest BCUT2D eigenvalue weighted by atomic mass is 9.89. The summed E-state index contributed by atoms with van der Waals surface area (Å²) < 4.78 is 11.2. The fourth-order valence-corrected chi connectivity index (χ4v) is 3.35. The molecule has 126 valence electrons. The number of likely N-dealkylation sites (tertiary alicyclic amines) is 1. The number of anilines is 1. The molecule has 0 saturated carbocycles. The van der Waals surface area contributed by atoms with E-state index in [4.69, 9.17) is 31.9 Å². The zero-order chi connectivity index (χ0) is 16.6. The van der Waals surface area contributed by atoms with Crippen molar-refractivity contribution in [2.45, 2.75) is 25.4 Å². The largest absolute Gasteiger partial charge is 0.485 e. The first-order valence-corrected chi connectivity index (χ1v) is 8.15. The molecule has 0 spiro atoms. The highest BCUT2D eigenvalue weighted by Crippen LogP contribution is 2.45. The van der Waals surface area contributed by atoms with Crippen LogP contribution in [0.4, 0.5) is 5.69 Å². The van der Waals surface area contributed by atoms with Gasteiger partial charge in [0.25, 0.3) is 0 Å². The van der Waals surface area contributed by atoms with Crippen molar-refractivity contribution in [2.24, 2.45) is 5.92 Å². The van der Waals surface area contributed by atoms with Crippen LogP contribution in [-0.4, -0.2) is 48.8 Å². The summed E-state index contributed by atoms with van der Waals surface area (Å²) in [5, 5.41) is 9.47. The number of benzene rings is 1. The molecule has 1 atom stereocenters. The maximum Gasteiger partial charge on any atom is 0.348 e. The molecule has 1 unspecified atom stereocenters. The third kappa shape index (κ3) is 3.33. The van der Waals surface area contributed by atoms with Crippen LogP contribution in [0.3, 0.4) is 0 Å². The van der Waals surface area contributed by atoms with E-state index in [9.17, 15) is 4.79 Å². The molecule has 0 aromatic heterocycles. The lowest BCUT2D eigenvalue weighted by Gasteiger charge is -2.31. The number of nitrogen functional groups attached to an aromatic ring is 1. The van der Waals surface area contributed by atoms with Gasteiger partial charge >= 0.3 is 5.97 Å². The summed E-state index contributed by atoms with van der Waals surface area (Å²) in [6.45, 7) is 2.13. The maximum atomic E-state index is 11.1. The van der Waals surface area contributed by atoms with Crippen molar-refractivity contribution in [3.8, 4) is 11.5 Å². The van der Waals surface area contributed by atoms with Crippen LogP contribution in [0.2, 0.25) is 5.02 Å². The Kier molecular flexibility index (Phi) is 4.55. The summed E-state index contributed by atoms with van der Waals surface area (Å²) in [4.78, 5) is 13.4. The number of hydrogen-bond acceptors (Lipinski definition) is 5. The first-order chi connectivity index (χ1) is 11.0. The SMILES string of the molecule is CN1CCC(Cc2cc(Cl)c(N)c3c2OCC(C(=O)O)O3)CC1. The van der Waals surface area contributed by atoms with Gasteiger partial charge in [-0.3, -0.25) is 0 Å². The van der Waals surface area contributed by atoms with Gasteiger partial charge in [0, 0.05) is 0 Å². The van der Waals surface area contributed by atoms with Crippen molar-refractivity contribution in [2.75, 3.05) is 32.5 Å². The Hall–Kier alpha value is -1.66. The van der Waals surface area contributed by atoms with Gasteiger partial charge in [0.2, 0.25) is 6.10 Å². The summed E-state index contributed by atoms with van der Waals surface area (Å²) in [7, 11) is 2.13. The molecule has 1 aromatic carbocycles. The summed E-state index contributed by atoms with van der Waals surface area (Å²) >= 11 is 6.20. The van der Waals surface area contributed by atoms with E-state index in [0.29, 0.717) is 16.7 Å². The molecule has 0 aliphatic carbocycles. The molecule has 3 rings (SSSR count). The molecule has 2 heterocycles. The van der Waals surface area contributed by atoms with Crippen LogP contribution in [0, 0.1) is 5.92 Å². The average Bonchev–Trinajstić information content (AvgIpc) is 2.54. The Labute approximate surface area is 140 Å². The van der Waals surface area contributed by atoms with Gasteiger partial charge in [0.05, 0.1) is 10.7 Å². The highest BCUT2D eigenvalue weighted by molar-refractivity contribution is 6.33. The number of rotatable bonds is 3. The van der Waals surface area contributed by atoms with Crippen LogP contribution in [0.1, 0.15) is 18.4 Å². The molecule has 1 saturated heterocycles. The highest BCUT2D eigenvalue weighted by Gasteiger charge is 2.32. The number of carboxylic acids is 1. The molecule has 1 aromatic rings. The summed E-state index contributed by atoms with van der Waals surface area (Å²) in [5.74, 6) is 0.282. The molecule has 23 heavy (non-hydrogen) atoms. The molecular weight excluding hydrogens is 320 g/mol. The van der Waals surface area contributed by atoms with Gasteiger partial charge in [0.15, 0.2) is 11.5 Å². The molecule has 2 aliphatic heterocycles. The van der Waals surface area contributed by atoms with Gasteiger partial charge in [-0.15, -0.1) is 0 Å². The lowest BCUT2D eigenvalue weighted by molar-refractivity contribution is -0.147. The van der Waals surface area contributed by atoms with E-state index in [1.54, 1.807) is 0 Å². The Morgan fingerprint density at radius 2 is 2.13 bits per heavy atom. The van der Waals surface area contributed by atoms with Crippen LogP contribution in [0.5, 0.6) is 11.5 Å². The summed E-state index contributed by atoms with van der Waals surface area (Å²) in [5.41, 5.74) is 7.13. The van der Waals surface area contributed by atoms with E-state index in [1.165, 1.54) is 0 Å². The predicted octanol–water partition coefficient (Wildman–Crippen LogP) is 2.03. The quantitative estimate of drug-likeness (QED) is 0.819. The van der Waals surface area contributed by atoms with E-state index < -0.39 is 12.1 Å². The molecule has 0 radical (unpaired) electrons. The van der Waals surface area contributed by atoms with Gasteiger partial charge in [-0.2, -0.15) is 0 Å². The van der Waals surface area contributed by atoms with Crippen LogP contribution < -0.4 is 15.2 Å². The van der Waals surface area contributed by atoms with Gasteiger partial charge < -0.3 is 25.2 Å². The minimum absolute atomic E-state index is 0.0240. The number of nitrogens with zero attached hydrogens (tertiary/aromatic N) is 1. The zero-order valence-electron chi connectivity index (χ0n) is 13.0. The number of nitrogens with two attached hydrogens (primary N) is 1. The van der Waals surface area contributed by atoms with Crippen molar-refractivity contribution in [3.05, 3.63) is 16.7 Å². The van der Waals surface area contributed by atoms with E-state index >= 15 is 0 Å². The van der Waals surface area contributed by atoms with Gasteiger partial charge in [-0.05, 0) is 56.9 Å². The Morgan fingerprint density at radius 3 is 2.78 bits per heavy atom. The van der Waals surface area contributed by atoms with Crippen molar-refractivity contribution in [1.29, 1.82) is 0 Å². The van der Waals surface area contributed by atoms with Crippen LogP contribution in [-0.2, 0) is 11.2 Å². The smallest absolute Gasteiger partial charge is 0.348 e. The number of halogens is 1. The minimum Gasteiger partial charge on any atom is -0.485 e. The standard InChI is InChI=1S/C16H21ClN2O4/c1-19-4-2-9(3-5-19)6-10-7-11(17)13(18)15-14(10)22-8-12(23-15)16(20)21/h7,9,12H,2-6,8,18H2,1H3,(H,20,21). The first-order valence-electron chi connectivity index (χ1n) is 7.77. The second-order valence-corrected chi connectivity index (χ2v) is 6.70. The Bertz CT molecular complexity index is 615. The summed E-state index contributed by atoms with van der Waals surface area (Å²) in [6.07, 6.45) is 2.01. The van der Waals surface area contributed by atoms with Gasteiger partial charge in [-0.1, -0.05) is 11.6 Å². The topological polar surface area (TPSA) is 85.0 Å². The average molecular weight is 341 g/mol. The monoisotopic (exact) mass is 340 g/mol. The van der Waals surface area contributed by atoms with E-state index in [2.05, 4.69) is 11.9 Å². The second kappa shape index (κ2) is 6.45. The molecule has 1 fully saturated rings. The Morgan fingerprint density at radius 1 is 1.43 bits per heavy atom. The number of ether oxygens (including phenoxy) is 2. The van der Waals surface area contributed by atoms with Gasteiger partial charge in [0.1, 0.15) is 6.61 Å². The number of piperidine rings is 1. The van der Waals surface area contributed by atoms with Crippen molar-refractivity contribution in [3.63, 3.8) is 0 Å². The molecule has 0 bridgehead atoms. The number of carbonyl (C=O) groups is 1. The molecule has 6 nitrogen and oxygen atoms in total. The van der Waals surface area contributed by atoms with Gasteiger partial charge in [-0.25, -0.2) is 4.79 Å². The number of carboxylic acid groups (broad SMARTS) is 1. The third-order valence-electron chi connectivity index (χ3n) is 4.56. The predicted molar refractivity (Wildman–Crippen MR) is 87.3 cm³/mol. The van der Waals surface area contributed by atoms with Crippen LogP contribution >= 0.6 is 11.6 Å². The minimum atomic E-state index is -1.08. The van der Waals surface area contributed by atoms with Crippen molar-refractivity contribution >= 4 is 23.3 Å². The Balaban J connectivity index is 1.86. The fourth-order valence-electron chi connectivity index (χ4n) is 3.13. The van der Waals surface area contributed by atoms with Crippen molar-refractivity contribution < 1.29 is 19.4 Å². The van der Waals surface area contributed by atoms with Crippen LogP contribution in [0.25, 0.3) is 0 Å². The molecule has 0 amide bonds. The number of fused-ring (bicyclic) bond motifs is 1. The zero-order valence-corrected chi connectivity index (χ0v) is 13.8.